The van der Waals surface area contributed by atoms with E-state index in [9.17, 15) is 15.0 Å². The van der Waals surface area contributed by atoms with Crippen LogP contribution in [0.4, 0.5) is 0 Å². The van der Waals surface area contributed by atoms with E-state index in [1.54, 1.807) is 0 Å². The van der Waals surface area contributed by atoms with E-state index in [2.05, 4.69) is 46.1 Å². The highest BCUT2D eigenvalue weighted by molar-refractivity contribution is 5.90. The van der Waals surface area contributed by atoms with Crippen molar-refractivity contribution < 1.29 is 19.7 Å². The van der Waals surface area contributed by atoms with E-state index in [0.717, 1.165) is 36.8 Å². The van der Waals surface area contributed by atoms with Crippen LogP contribution in [0.15, 0.2) is 47.6 Å². The maximum absolute atomic E-state index is 12.2. The van der Waals surface area contributed by atoms with Crippen LogP contribution in [0.5, 0.6) is 0 Å². The summed E-state index contributed by atoms with van der Waals surface area (Å²) in [6, 6.07) is 0. The Balaban J connectivity index is 1.49. The number of rotatable bonds is 6. The van der Waals surface area contributed by atoms with Crippen LogP contribution >= 0.6 is 0 Å². The standard InChI is InChI=1S/C31H46O4/c1-7-9-24-20(4)30(34)35-28(24)16-18(2)25-13-14-26-22(10-8-15-31(25,26)6)11-12-23-17-27(32)21(5)29(33)19(23)3/h11-12,18,21,24-29,32-33H,3-4,7-10,13-17H2,1-2,5-6H3/b22-11+,23-12-/t18-,21+,24-,25-,26+,27-,28+,29-,31-/m1/s1. The van der Waals surface area contributed by atoms with Crippen molar-refractivity contribution in [3.63, 3.8) is 0 Å². The quantitative estimate of drug-likeness (QED) is 0.344. The number of carbonyl (C=O) groups excluding carboxylic acids is 1. The summed E-state index contributed by atoms with van der Waals surface area (Å²) in [4.78, 5) is 12.2. The van der Waals surface area contributed by atoms with Gasteiger partial charge in [0, 0.05) is 17.4 Å². The van der Waals surface area contributed by atoms with Gasteiger partial charge >= 0.3 is 5.97 Å². The Morgan fingerprint density at radius 3 is 2.66 bits per heavy atom. The fraction of sp³-hybridized carbons (Fsp3) is 0.710. The number of cyclic esters (lactones) is 1. The molecule has 4 nitrogen and oxygen atoms in total. The van der Waals surface area contributed by atoms with E-state index in [1.165, 1.54) is 31.3 Å². The molecular weight excluding hydrogens is 436 g/mol. The fourth-order valence-corrected chi connectivity index (χ4v) is 7.94. The molecule has 2 N–H and O–H groups in total. The van der Waals surface area contributed by atoms with Crippen molar-refractivity contribution >= 4 is 5.97 Å². The van der Waals surface area contributed by atoms with Crippen LogP contribution in [0.1, 0.15) is 85.5 Å². The van der Waals surface area contributed by atoms with E-state index in [-0.39, 0.29) is 29.3 Å². The monoisotopic (exact) mass is 482 g/mol. The molecule has 0 aromatic carbocycles. The first-order chi connectivity index (χ1) is 16.6. The smallest absolute Gasteiger partial charge is 0.334 e. The molecule has 0 bridgehead atoms. The number of carbonyl (C=O) groups is 1. The summed E-state index contributed by atoms with van der Waals surface area (Å²) in [5, 5.41) is 20.8. The molecule has 0 amide bonds. The molecule has 0 radical (unpaired) electrons. The third kappa shape index (κ3) is 4.85. The lowest BCUT2D eigenvalue weighted by molar-refractivity contribution is -0.140. The van der Waals surface area contributed by atoms with Gasteiger partial charge in [-0.2, -0.15) is 0 Å². The van der Waals surface area contributed by atoms with Crippen LogP contribution in [0, 0.1) is 35.0 Å². The fourth-order valence-electron chi connectivity index (χ4n) is 7.94. The summed E-state index contributed by atoms with van der Waals surface area (Å²) in [6.07, 6.45) is 12.7. The number of fused-ring (bicyclic) bond motifs is 1. The van der Waals surface area contributed by atoms with Gasteiger partial charge in [-0.05, 0) is 85.7 Å². The molecule has 9 atom stereocenters. The summed E-state index contributed by atoms with van der Waals surface area (Å²) >= 11 is 0. The van der Waals surface area contributed by atoms with Gasteiger partial charge in [-0.1, -0.05) is 65.0 Å². The highest BCUT2D eigenvalue weighted by atomic mass is 16.6. The van der Waals surface area contributed by atoms with Gasteiger partial charge in [0.2, 0.25) is 0 Å². The topological polar surface area (TPSA) is 66.8 Å². The SMILES string of the molecule is C=C1/C(=C\C=C2/CCC[C@]3(C)[C@@H]([C@H](C)C[C@@H]4OC(=O)C(=C)[C@H]4CCC)CC[C@@H]23)C[C@@H](O)[C@H](C)[C@@H]1O. The molecule has 1 heterocycles. The van der Waals surface area contributed by atoms with Gasteiger partial charge in [0.05, 0.1) is 12.2 Å². The van der Waals surface area contributed by atoms with Crippen LogP contribution in [0.3, 0.4) is 0 Å². The molecule has 35 heavy (non-hydrogen) atoms. The molecule has 4 fully saturated rings. The molecule has 3 saturated carbocycles. The first-order valence-corrected chi connectivity index (χ1v) is 13.9. The van der Waals surface area contributed by atoms with Gasteiger partial charge in [0.15, 0.2) is 0 Å². The third-order valence-electron chi connectivity index (χ3n) is 10.1. The van der Waals surface area contributed by atoms with E-state index in [1.807, 2.05) is 6.92 Å². The van der Waals surface area contributed by atoms with Crippen LogP contribution in [-0.4, -0.2) is 34.5 Å². The number of allylic oxidation sites excluding steroid dienone is 3. The van der Waals surface area contributed by atoms with Crippen molar-refractivity contribution in [2.24, 2.45) is 35.0 Å². The molecule has 4 rings (SSSR count). The molecule has 194 valence electrons. The minimum absolute atomic E-state index is 0.0199. The van der Waals surface area contributed by atoms with Crippen molar-refractivity contribution in [1.82, 2.24) is 0 Å². The molecule has 1 saturated heterocycles. The number of aliphatic hydroxyl groups is 2. The minimum Gasteiger partial charge on any atom is -0.458 e. The predicted octanol–water partition coefficient (Wildman–Crippen LogP) is 6.30. The molecule has 3 aliphatic carbocycles. The van der Waals surface area contributed by atoms with Gasteiger partial charge in [-0.3, -0.25) is 0 Å². The number of hydrogen-bond donors (Lipinski definition) is 2. The van der Waals surface area contributed by atoms with Crippen LogP contribution < -0.4 is 0 Å². The van der Waals surface area contributed by atoms with Crippen molar-refractivity contribution in [1.29, 1.82) is 0 Å². The van der Waals surface area contributed by atoms with Gasteiger partial charge in [0.25, 0.3) is 0 Å². The average Bonchev–Trinajstić information content (AvgIpc) is 3.31. The van der Waals surface area contributed by atoms with E-state index < -0.39 is 12.2 Å². The van der Waals surface area contributed by atoms with Crippen molar-refractivity contribution in [3.8, 4) is 0 Å². The van der Waals surface area contributed by atoms with E-state index in [0.29, 0.717) is 29.7 Å². The summed E-state index contributed by atoms with van der Waals surface area (Å²) in [5.41, 5.74) is 4.19. The Hall–Kier alpha value is -1.65. The largest absolute Gasteiger partial charge is 0.458 e. The predicted molar refractivity (Wildman–Crippen MR) is 140 cm³/mol. The van der Waals surface area contributed by atoms with Crippen LogP contribution in [0.25, 0.3) is 0 Å². The number of aliphatic hydroxyl groups excluding tert-OH is 2. The van der Waals surface area contributed by atoms with Gasteiger partial charge in [0.1, 0.15) is 6.10 Å². The Morgan fingerprint density at radius 1 is 1.20 bits per heavy atom. The highest BCUT2D eigenvalue weighted by Gasteiger charge is 2.51. The van der Waals surface area contributed by atoms with Gasteiger partial charge < -0.3 is 14.9 Å². The molecule has 4 aliphatic rings. The molecular formula is C31H46O4. The zero-order chi connectivity index (χ0) is 25.5. The zero-order valence-corrected chi connectivity index (χ0v) is 22.3. The van der Waals surface area contributed by atoms with Crippen molar-refractivity contribution in [3.05, 3.63) is 47.6 Å². The minimum atomic E-state index is -0.672. The second-order valence-corrected chi connectivity index (χ2v) is 12.2. The van der Waals surface area contributed by atoms with Gasteiger partial charge in [-0.25, -0.2) is 4.79 Å². The lowest BCUT2D eigenvalue weighted by atomic mass is 9.60. The Kier molecular flexibility index (Phi) is 7.83. The molecule has 4 heteroatoms. The van der Waals surface area contributed by atoms with E-state index >= 15 is 0 Å². The van der Waals surface area contributed by atoms with Crippen LogP contribution in [-0.2, 0) is 9.53 Å². The second-order valence-electron chi connectivity index (χ2n) is 12.2. The number of ether oxygens (including phenoxy) is 1. The summed E-state index contributed by atoms with van der Waals surface area (Å²) in [7, 11) is 0. The highest BCUT2D eigenvalue weighted by Crippen LogP contribution is 2.60. The first kappa shape index (κ1) is 26.4. The Bertz CT molecular complexity index is 913. The molecule has 1 aliphatic heterocycles. The Labute approximate surface area is 212 Å². The maximum atomic E-state index is 12.2. The normalized spacial score (nSPS) is 43.0. The molecule has 0 unspecified atom stereocenters. The van der Waals surface area contributed by atoms with Crippen molar-refractivity contribution in [2.45, 2.75) is 104 Å². The zero-order valence-electron chi connectivity index (χ0n) is 22.3. The van der Waals surface area contributed by atoms with E-state index in [4.69, 9.17) is 4.74 Å². The van der Waals surface area contributed by atoms with Crippen LogP contribution in [0.2, 0.25) is 0 Å². The Morgan fingerprint density at radius 2 is 1.94 bits per heavy atom. The molecule has 0 aromatic rings. The second kappa shape index (κ2) is 10.4. The maximum Gasteiger partial charge on any atom is 0.334 e. The summed E-state index contributed by atoms with van der Waals surface area (Å²) < 4.78 is 5.79. The third-order valence-corrected chi connectivity index (χ3v) is 10.1. The molecule has 0 spiro atoms. The van der Waals surface area contributed by atoms with Crippen molar-refractivity contribution in [2.75, 3.05) is 0 Å². The number of hydrogen-bond acceptors (Lipinski definition) is 4. The first-order valence-electron chi connectivity index (χ1n) is 13.9. The van der Waals surface area contributed by atoms with Gasteiger partial charge in [-0.15, -0.1) is 0 Å². The lowest BCUT2D eigenvalue weighted by Crippen LogP contribution is -2.37. The molecule has 0 aromatic heterocycles. The lowest BCUT2D eigenvalue weighted by Gasteiger charge is -2.45. The summed E-state index contributed by atoms with van der Waals surface area (Å²) in [6.45, 7) is 17.1. The number of esters is 1. The summed E-state index contributed by atoms with van der Waals surface area (Å²) in [5.74, 6) is 1.49. The average molecular weight is 483 g/mol.